The van der Waals surface area contributed by atoms with E-state index in [1.807, 2.05) is 32.9 Å². The van der Waals surface area contributed by atoms with Crippen LogP contribution in [-0.2, 0) is 10.2 Å². The molecular formula is C20H22O5. The maximum atomic E-state index is 12.3. The molecule has 0 heterocycles. The van der Waals surface area contributed by atoms with Crippen LogP contribution in [0.5, 0.6) is 11.5 Å². The highest BCUT2D eigenvalue weighted by Crippen LogP contribution is 2.34. The van der Waals surface area contributed by atoms with Crippen LogP contribution in [0, 0.1) is 0 Å². The third-order valence-corrected chi connectivity index (χ3v) is 3.48. The van der Waals surface area contributed by atoms with Crippen molar-refractivity contribution in [2.24, 2.45) is 0 Å². The van der Waals surface area contributed by atoms with E-state index in [1.165, 1.54) is 0 Å². The quantitative estimate of drug-likeness (QED) is 0.456. The van der Waals surface area contributed by atoms with Crippen molar-refractivity contribution >= 4 is 12.1 Å². The van der Waals surface area contributed by atoms with Gasteiger partial charge in [-0.15, -0.1) is 0 Å². The van der Waals surface area contributed by atoms with Crippen LogP contribution >= 0.6 is 0 Å². The molecule has 132 valence electrons. The average molecular weight is 342 g/mol. The molecule has 2 aromatic carbocycles. The summed E-state index contributed by atoms with van der Waals surface area (Å²) in [5.41, 5.74) is 1.20. The lowest BCUT2D eigenvalue weighted by Crippen LogP contribution is -2.15. The van der Waals surface area contributed by atoms with Gasteiger partial charge in [-0.25, -0.2) is 9.59 Å². The van der Waals surface area contributed by atoms with Crippen LogP contribution < -0.4 is 9.47 Å². The van der Waals surface area contributed by atoms with Crippen LogP contribution in [0.3, 0.4) is 0 Å². The van der Waals surface area contributed by atoms with Gasteiger partial charge in [-0.3, -0.25) is 0 Å². The van der Waals surface area contributed by atoms with E-state index >= 15 is 0 Å². The molecule has 0 aliphatic heterocycles. The minimum Gasteiger partial charge on any atom is -0.434 e. The summed E-state index contributed by atoms with van der Waals surface area (Å²) < 4.78 is 15.4. The molecule has 0 spiro atoms. The number of benzene rings is 2. The number of esters is 1. The first-order valence-electron chi connectivity index (χ1n) is 8.07. The monoisotopic (exact) mass is 342 g/mol. The molecule has 5 heteroatoms. The summed E-state index contributed by atoms with van der Waals surface area (Å²) in [5.74, 6) is -0.217. The Bertz CT molecular complexity index is 744. The fraction of sp³-hybridized carbons (Fsp3) is 0.300. The topological polar surface area (TPSA) is 61.8 Å². The van der Waals surface area contributed by atoms with Crippen LogP contribution in [0.25, 0.3) is 0 Å². The Morgan fingerprint density at radius 3 is 2.20 bits per heavy atom. The molecule has 0 radical (unpaired) electrons. The van der Waals surface area contributed by atoms with Gasteiger partial charge in [0.1, 0.15) is 0 Å². The highest BCUT2D eigenvalue weighted by molar-refractivity contribution is 5.91. The minimum atomic E-state index is -0.844. The maximum absolute atomic E-state index is 12.3. The molecule has 2 rings (SSSR count). The molecule has 5 nitrogen and oxygen atoms in total. The number of carbonyl (C=O) groups is 2. The highest BCUT2D eigenvalue weighted by Gasteiger charge is 2.20. The lowest BCUT2D eigenvalue weighted by atomic mass is 9.87. The van der Waals surface area contributed by atoms with Gasteiger partial charge in [0.2, 0.25) is 0 Å². The first kappa shape index (κ1) is 18.5. The van der Waals surface area contributed by atoms with Gasteiger partial charge in [0, 0.05) is 0 Å². The van der Waals surface area contributed by atoms with Gasteiger partial charge in [-0.05, 0) is 42.2 Å². The lowest BCUT2D eigenvalue weighted by molar-refractivity contribution is 0.0717. The summed E-state index contributed by atoms with van der Waals surface area (Å²) in [7, 11) is 0. The third-order valence-electron chi connectivity index (χ3n) is 3.48. The highest BCUT2D eigenvalue weighted by atomic mass is 16.7. The summed E-state index contributed by atoms with van der Waals surface area (Å²) >= 11 is 0. The molecular weight excluding hydrogens is 320 g/mol. The zero-order valence-corrected chi connectivity index (χ0v) is 14.9. The second-order valence-corrected chi connectivity index (χ2v) is 6.45. The number of hydrogen-bond acceptors (Lipinski definition) is 5. The Kier molecular flexibility index (Phi) is 5.80. The van der Waals surface area contributed by atoms with Crippen molar-refractivity contribution < 1.29 is 23.8 Å². The molecule has 0 unspecified atom stereocenters. The van der Waals surface area contributed by atoms with E-state index in [0.717, 1.165) is 5.56 Å². The predicted molar refractivity (Wildman–Crippen MR) is 94.2 cm³/mol. The van der Waals surface area contributed by atoms with E-state index in [0.29, 0.717) is 5.56 Å². The molecule has 0 saturated carbocycles. The zero-order chi connectivity index (χ0) is 18.4. The van der Waals surface area contributed by atoms with Crippen LogP contribution in [0.4, 0.5) is 4.79 Å². The zero-order valence-electron chi connectivity index (χ0n) is 14.9. The standard InChI is InChI=1S/C20H22O5/c1-5-23-19(22)25-16-12-11-15(20(2,3)4)13-17(16)24-18(21)14-9-7-6-8-10-14/h6-13H,5H2,1-4H3. The normalized spacial score (nSPS) is 10.9. The Balaban J connectivity index is 2.33. The van der Waals surface area contributed by atoms with Crippen molar-refractivity contribution in [3.8, 4) is 11.5 Å². The van der Waals surface area contributed by atoms with Gasteiger partial charge in [0.25, 0.3) is 0 Å². The predicted octanol–water partition coefficient (Wildman–Crippen LogP) is 4.74. The number of ether oxygens (including phenoxy) is 3. The van der Waals surface area contributed by atoms with Gasteiger partial charge in [0.05, 0.1) is 12.2 Å². The number of hydrogen-bond donors (Lipinski definition) is 0. The minimum absolute atomic E-state index is 0.135. The Morgan fingerprint density at radius 2 is 1.60 bits per heavy atom. The van der Waals surface area contributed by atoms with Crippen LogP contribution in [0.2, 0.25) is 0 Å². The van der Waals surface area contributed by atoms with Gasteiger partial charge >= 0.3 is 12.1 Å². The summed E-state index contributed by atoms with van der Waals surface area (Å²) in [6, 6.07) is 13.8. The molecule has 0 amide bonds. The Labute approximate surface area is 147 Å². The molecule has 0 saturated heterocycles. The molecule has 25 heavy (non-hydrogen) atoms. The summed E-state index contributed by atoms with van der Waals surface area (Å²) in [6.45, 7) is 7.99. The smallest absolute Gasteiger partial charge is 0.434 e. The second-order valence-electron chi connectivity index (χ2n) is 6.45. The van der Waals surface area contributed by atoms with E-state index in [-0.39, 0.29) is 23.5 Å². The SMILES string of the molecule is CCOC(=O)Oc1ccc(C(C)(C)C)cc1OC(=O)c1ccccc1. The maximum Gasteiger partial charge on any atom is 0.513 e. The molecule has 0 atom stereocenters. The van der Waals surface area contributed by atoms with Crippen molar-refractivity contribution in [1.82, 2.24) is 0 Å². The van der Waals surface area contributed by atoms with Gasteiger partial charge < -0.3 is 14.2 Å². The molecule has 0 aliphatic rings. The van der Waals surface area contributed by atoms with Gasteiger partial charge in [0.15, 0.2) is 11.5 Å². The van der Waals surface area contributed by atoms with E-state index in [1.54, 1.807) is 43.3 Å². The molecule has 0 aliphatic carbocycles. The number of carbonyl (C=O) groups excluding carboxylic acids is 2. The number of rotatable bonds is 4. The molecule has 0 N–H and O–H groups in total. The molecule has 2 aromatic rings. The molecule has 0 aromatic heterocycles. The van der Waals surface area contributed by atoms with Crippen molar-refractivity contribution in [2.45, 2.75) is 33.1 Å². The van der Waals surface area contributed by atoms with Gasteiger partial charge in [-0.1, -0.05) is 45.0 Å². The van der Waals surface area contributed by atoms with Crippen LogP contribution in [0.1, 0.15) is 43.6 Å². The first-order valence-corrected chi connectivity index (χ1v) is 8.07. The first-order chi connectivity index (χ1) is 11.8. The third kappa shape index (κ3) is 5.08. The van der Waals surface area contributed by atoms with Gasteiger partial charge in [-0.2, -0.15) is 0 Å². The summed E-state index contributed by atoms with van der Waals surface area (Å²) in [5, 5.41) is 0. The van der Waals surface area contributed by atoms with E-state index in [9.17, 15) is 9.59 Å². The van der Waals surface area contributed by atoms with Crippen molar-refractivity contribution in [1.29, 1.82) is 0 Å². The van der Waals surface area contributed by atoms with E-state index in [4.69, 9.17) is 14.2 Å². The van der Waals surface area contributed by atoms with Crippen LogP contribution in [0.15, 0.2) is 48.5 Å². The summed E-state index contributed by atoms with van der Waals surface area (Å²) in [6.07, 6.45) is -0.844. The van der Waals surface area contributed by atoms with E-state index in [2.05, 4.69) is 0 Å². The largest absolute Gasteiger partial charge is 0.513 e. The van der Waals surface area contributed by atoms with Crippen molar-refractivity contribution in [2.75, 3.05) is 6.61 Å². The Morgan fingerprint density at radius 1 is 0.920 bits per heavy atom. The molecule has 0 fully saturated rings. The fourth-order valence-electron chi connectivity index (χ4n) is 2.11. The molecule has 0 bridgehead atoms. The second kappa shape index (κ2) is 7.83. The fourth-order valence-corrected chi connectivity index (χ4v) is 2.11. The van der Waals surface area contributed by atoms with Crippen molar-refractivity contribution in [3.05, 3.63) is 59.7 Å². The average Bonchev–Trinajstić information content (AvgIpc) is 2.56. The summed E-state index contributed by atoms with van der Waals surface area (Å²) in [4.78, 5) is 24.0. The van der Waals surface area contributed by atoms with Crippen LogP contribution in [-0.4, -0.2) is 18.7 Å². The van der Waals surface area contributed by atoms with E-state index < -0.39 is 12.1 Å². The Hall–Kier alpha value is -2.82. The lowest BCUT2D eigenvalue weighted by Gasteiger charge is -2.20. The van der Waals surface area contributed by atoms with Crippen molar-refractivity contribution in [3.63, 3.8) is 0 Å².